The maximum Gasteiger partial charge on any atom is 0.491 e. The summed E-state index contributed by atoms with van der Waals surface area (Å²) in [5.74, 6) is -1.44. The largest absolute Gasteiger partial charge is 0.491 e. The lowest BCUT2D eigenvalue weighted by Gasteiger charge is -2.11. The van der Waals surface area contributed by atoms with E-state index in [1.165, 1.54) is 5.56 Å². The zero-order valence-electron chi connectivity index (χ0n) is 17.4. The molecule has 0 saturated carbocycles. The summed E-state index contributed by atoms with van der Waals surface area (Å²) < 4.78 is 37.0. The lowest BCUT2D eigenvalue weighted by atomic mass is 9.79. The molecule has 0 amide bonds. The van der Waals surface area contributed by atoms with E-state index in [0.29, 0.717) is 19.1 Å². The van der Waals surface area contributed by atoms with Crippen LogP contribution in [0.4, 0.5) is 30.6 Å². The molecule has 1 aliphatic rings. The van der Waals surface area contributed by atoms with E-state index < -0.39 is 19.3 Å². The molecule has 3 aromatic rings. The Bertz CT molecular complexity index is 1120. The molecule has 1 aromatic heterocycles. The Morgan fingerprint density at radius 1 is 1.21 bits per heavy atom. The quantitative estimate of drug-likeness (QED) is 0.430. The molecule has 0 fully saturated rings. The van der Waals surface area contributed by atoms with E-state index in [-0.39, 0.29) is 0 Å². The molecule has 2 heterocycles. The Morgan fingerprint density at radius 3 is 2.58 bits per heavy atom. The second kappa shape index (κ2) is 10.3. The van der Waals surface area contributed by atoms with Crippen molar-refractivity contribution in [3.05, 3.63) is 71.4 Å². The van der Waals surface area contributed by atoms with E-state index in [1.54, 1.807) is 6.20 Å². The van der Waals surface area contributed by atoms with E-state index in [2.05, 4.69) is 32.7 Å². The third-order valence-corrected chi connectivity index (χ3v) is 4.58. The van der Waals surface area contributed by atoms with Gasteiger partial charge in [-0.25, -0.2) is 9.78 Å². The molecule has 0 radical (unpaired) electrons. The van der Waals surface area contributed by atoms with Gasteiger partial charge in [0.1, 0.15) is 5.82 Å². The van der Waals surface area contributed by atoms with Gasteiger partial charge in [-0.2, -0.15) is 18.2 Å². The van der Waals surface area contributed by atoms with E-state index in [1.807, 2.05) is 43.3 Å². The molecule has 4 N–H and O–H groups in total. The van der Waals surface area contributed by atoms with Gasteiger partial charge in [-0.3, -0.25) is 0 Å². The SMILES string of the molecule is Cc1cnc(Nc2ccc3c(c2)COB3O)nc1NCc1ccccc1.O=C(O)C(F)(F)F. The number of aliphatic carboxylic acids is 1. The van der Waals surface area contributed by atoms with Crippen molar-refractivity contribution in [2.45, 2.75) is 26.3 Å². The molecule has 0 bridgehead atoms. The summed E-state index contributed by atoms with van der Waals surface area (Å²) in [5, 5.41) is 23.4. The maximum absolute atomic E-state index is 10.6. The Labute approximate surface area is 187 Å². The lowest BCUT2D eigenvalue weighted by Crippen LogP contribution is -2.27. The summed E-state index contributed by atoms with van der Waals surface area (Å²) in [6.45, 7) is 3.09. The molecule has 12 heteroatoms. The number of aromatic nitrogens is 2. The van der Waals surface area contributed by atoms with Crippen LogP contribution >= 0.6 is 0 Å². The molecule has 0 saturated heterocycles. The number of carbonyl (C=O) groups is 1. The number of hydrogen-bond donors (Lipinski definition) is 4. The average Bonchev–Trinajstić information content (AvgIpc) is 3.14. The Morgan fingerprint density at radius 2 is 1.91 bits per heavy atom. The van der Waals surface area contributed by atoms with Crippen LogP contribution in [0.2, 0.25) is 0 Å². The van der Waals surface area contributed by atoms with Crippen molar-refractivity contribution in [3.8, 4) is 0 Å². The van der Waals surface area contributed by atoms with E-state index in [4.69, 9.17) is 14.6 Å². The molecule has 0 spiro atoms. The Kier molecular flexibility index (Phi) is 7.51. The number of halogens is 3. The highest BCUT2D eigenvalue weighted by atomic mass is 19.4. The second-order valence-electron chi connectivity index (χ2n) is 7.07. The number of alkyl halides is 3. The van der Waals surface area contributed by atoms with Crippen LogP contribution in [-0.2, 0) is 22.6 Å². The minimum Gasteiger partial charge on any atom is -0.475 e. The third kappa shape index (κ3) is 6.67. The van der Waals surface area contributed by atoms with Gasteiger partial charge in [0.25, 0.3) is 0 Å². The summed E-state index contributed by atoms with van der Waals surface area (Å²) in [6, 6.07) is 15.9. The number of rotatable bonds is 5. The summed E-state index contributed by atoms with van der Waals surface area (Å²) in [6.07, 6.45) is -3.29. The van der Waals surface area contributed by atoms with Gasteiger partial charge in [0.05, 0.1) is 6.61 Å². The number of carboxylic acids is 1. The zero-order valence-corrected chi connectivity index (χ0v) is 17.4. The number of anilines is 3. The van der Waals surface area contributed by atoms with Gasteiger partial charge in [0, 0.05) is 24.0 Å². The van der Waals surface area contributed by atoms with Gasteiger partial charge in [0.15, 0.2) is 0 Å². The fourth-order valence-corrected chi connectivity index (χ4v) is 2.90. The molecule has 172 valence electrons. The first-order valence-electron chi connectivity index (χ1n) is 9.74. The summed E-state index contributed by atoms with van der Waals surface area (Å²) in [4.78, 5) is 17.8. The van der Waals surface area contributed by atoms with Crippen LogP contribution in [-0.4, -0.2) is 39.4 Å². The minimum atomic E-state index is -5.08. The van der Waals surface area contributed by atoms with Crippen molar-refractivity contribution in [2.75, 3.05) is 10.6 Å². The molecule has 33 heavy (non-hydrogen) atoms. The van der Waals surface area contributed by atoms with E-state index in [0.717, 1.165) is 28.1 Å². The minimum absolute atomic E-state index is 0.407. The highest BCUT2D eigenvalue weighted by molar-refractivity contribution is 6.61. The number of hydrogen-bond acceptors (Lipinski definition) is 7. The number of benzene rings is 2. The summed E-state index contributed by atoms with van der Waals surface area (Å²) in [5.41, 5.74) is 4.82. The van der Waals surface area contributed by atoms with Crippen LogP contribution < -0.4 is 16.1 Å². The van der Waals surface area contributed by atoms with Gasteiger partial charge in [-0.05, 0) is 35.6 Å². The number of nitrogens with zero attached hydrogens (tertiary/aromatic N) is 2. The van der Waals surface area contributed by atoms with E-state index in [9.17, 15) is 18.2 Å². The number of nitrogens with one attached hydrogen (secondary N) is 2. The Balaban J connectivity index is 0.000000383. The molecule has 8 nitrogen and oxygen atoms in total. The van der Waals surface area contributed by atoms with Crippen LogP contribution in [0.15, 0.2) is 54.7 Å². The van der Waals surface area contributed by atoms with Crippen molar-refractivity contribution in [1.29, 1.82) is 0 Å². The van der Waals surface area contributed by atoms with Crippen molar-refractivity contribution >= 4 is 36.0 Å². The molecule has 1 aliphatic heterocycles. The van der Waals surface area contributed by atoms with Gasteiger partial charge < -0.3 is 25.4 Å². The molecular weight excluding hydrogens is 440 g/mol. The normalized spacial score (nSPS) is 12.5. The summed E-state index contributed by atoms with van der Waals surface area (Å²) >= 11 is 0. The second-order valence-corrected chi connectivity index (χ2v) is 7.07. The van der Waals surface area contributed by atoms with Crippen LogP contribution in [0, 0.1) is 6.92 Å². The average molecular weight is 460 g/mol. The first kappa shape index (κ1) is 24.0. The first-order valence-corrected chi connectivity index (χ1v) is 9.74. The lowest BCUT2D eigenvalue weighted by molar-refractivity contribution is -0.192. The maximum atomic E-state index is 10.6. The monoisotopic (exact) mass is 460 g/mol. The van der Waals surface area contributed by atoms with Crippen LogP contribution in [0.25, 0.3) is 0 Å². The highest BCUT2D eigenvalue weighted by Crippen LogP contribution is 2.20. The molecule has 0 aliphatic carbocycles. The third-order valence-electron chi connectivity index (χ3n) is 4.58. The molecule has 2 aromatic carbocycles. The highest BCUT2D eigenvalue weighted by Gasteiger charge is 2.38. The van der Waals surface area contributed by atoms with Gasteiger partial charge in [0.2, 0.25) is 5.95 Å². The number of aryl methyl sites for hydroxylation is 1. The van der Waals surface area contributed by atoms with Gasteiger partial charge >= 0.3 is 19.3 Å². The Hall–Kier alpha value is -3.64. The van der Waals surface area contributed by atoms with Crippen molar-refractivity contribution in [2.24, 2.45) is 0 Å². The predicted octanol–water partition coefficient (Wildman–Crippen LogP) is 2.99. The van der Waals surface area contributed by atoms with Crippen LogP contribution in [0.3, 0.4) is 0 Å². The topological polar surface area (TPSA) is 117 Å². The fourth-order valence-electron chi connectivity index (χ4n) is 2.90. The fraction of sp³-hybridized carbons (Fsp3) is 0.190. The number of fused-ring (bicyclic) bond motifs is 1. The number of carboxylic acid groups (broad SMARTS) is 1. The zero-order chi connectivity index (χ0) is 24.0. The van der Waals surface area contributed by atoms with E-state index >= 15 is 0 Å². The molecular formula is C21H20BF3N4O4. The first-order chi connectivity index (χ1) is 15.6. The summed E-state index contributed by atoms with van der Waals surface area (Å²) in [7, 11) is -0.830. The van der Waals surface area contributed by atoms with Crippen molar-refractivity contribution in [3.63, 3.8) is 0 Å². The van der Waals surface area contributed by atoms with Crippen LogP contribution in [0.5, 0.6) is 0 Å². The molecule has 4 rings (SSSR count). The standard InChI is InChI=1S/C19H19BN4O2.C2HF3O2/c1-13-10-22-19(24-18(13)21-11-14-5-3-2-4-6-14)23-16-7-8-17-15(9-16)12-26-20(17)25;3-2(4,5)1(6)7/h2-10,25H,11-12H2,1H3,(H2,21,22,23,24);(H,6,7). The van der Waals surface area contributed by atoms with Crippen molar-refractivity contribution in [1.82, 2.24) is 9.97 Å². The molecule has 0 atom stereocenters. The van der Waals surface area contributed by atoms with Crippen LogP contribution in [0.1, 0.15) is 16.7 Å². The smallest absolute Gasteiger partial charge is 0.475 e. The molecule has 0 unspecified atom stereocenters. The predicted molar refractivity (Wildman–Crippen MR) is 116 cm³/mol. The van der Waals surface area contributed by atoms with Gasteiger partial charge in [-0.1, -0.05) is 36.4 Å². The van der Waals surface area contributed by atoms with Gasteiger partial charge in [-0.15, -0.1) is 0 Å². The van der Waals surface area contributed by atoms with Crippen molar-refractivity contribution < 1.29 is 32.8 Å².